The molecule has 0 saturated heterocycles. The summed E-state index contributed by atoms with van der Waals surface area (Å²) in [6.07, 6.45) is 1.82. The fourth-order valence-electron chi connectivity index (χ4n) is 1.66. The summed E-state index contributed by atoms with van der Waals surface area (Å²) in [7, 11) is 0. The number of hydrogen-bond acceptors (Lipinski definition) is 4. The van der Waals surface area contributed by atoms with Gasteiger partial charge in [0.1, 0.15) is 5.82 Å². The molecule has 1 heterocycles. The van der Waals surface area contributed by atoms with Gasteiger partial charge in [-0.05, 0) is 26.7 Å². The Kier molecular flexibility index (Phi) is 4.84. The summed E-state index contributed by atoms with van der Waals surface area (Å²) in [5.41, 5.74) is 2.76. The van der Waals surface area contributed by atoms with Gasteiger partial charge in [-0.1, -0.05) is 0 Å². The van der Waals surface area contributed by atoms with E-state index in [0.717, 1.165) is 12.1 Å². The summed E-state index contributed by atoms with van der Waals surface area (Å²) in [6, 6.07) is 1.51. The van der Waals surface area contributed by atoms with Crippen molar-refractivity contribution in [3.8, 4) is 0 Å². The molecule has 17 heavy (non-hydrogen) atoms. The van der Waals surface area contributed by atoms with Gasteiger partial charge >= 0.3 is 0 Å². The van der Waals surface area contributed by atoms with Crippen molar-refractivity contribution in [1.82, 2.24) is 15.0 Å². The Morgan fingerprint density at radius 2 is 2.18 bits per heavy atom. The van der Waals surface area contributed by atoms with Crippen LogP contribution in [-0.2, 0) is 11.3 Å². The minimum atomic E-state index is -0.184. The van der Waals surface area contributed by atoms with Gasteiger partial charge in [-0.3, -0.25) is 19.6 Å². The molecule has 1 amide bonds. The van der Waals surface area contributed by atoms with Gasteiger partial charge in [0.05, 0.1) is 0 Å². The number of carbonyl (C=O) groups is 1. The molecule has 0 bridgehead atoms. The van der Waals surface area contributed by atoms with Crippen molar-refractivity contribution in [2.75, 3.05) is 0 Å². The lowest BCUT2D eigenvalue weighted by molar-refractivity contribution is -0.121. The van der Waals surface area contributed by atoms with E-state index in [2.05, 4.69) is 10.4 Å². The number of aromatic nitrogens is 2. The molecular formula is C11H18N4O2. The molecule has 0 unspecified atom stereocenters. The first-order valence-electron chi connectivity index (χ1n) is 5.59. The number of nitrogens with zero attached hydrogens (tertiary/aromatic N) is 2. The second kappa shape index (κ2) is 6.15. The van der Waals surface area contributed by atoms with E-state index in [9.17, 15) is 9.59 Å². The van der Waals surface area contributed by atoms with Gasteiger partial charge in [0.25, 0.3) is 5.56 Å². The fourth-order valence-corrected chi connectivity index (χ4v) is 1.66. The number of rotatable bonds is 5. The summed E-state index contributed by atoms with van der Waals surface area (Å²) < 4.78 is 1.62. The SMILES string of the molecule is Cc1cc(=O)n(CCCCC(=O)NN)c(C)n1. The van der Waals surface area contributed by atoms with E-state index in [1.165, 1.54) is 6.07 Å². The largest absolute Gasteiger partial charge is 0.297 e. The second-order valence-electron chi connectivity index (χ2n) is 3.96. The first-order chi connectivity index (χ1) is 8.04. The fraction of sp³-hybridized carbons (Fsp3) is 0.545. The van der Waals surface area contributed by atoms with Crippen LogP contribution in [0, 0.1) is 13.8 Å². The summed E-state index contributed by atoms with van der Waals surface area (Å²) in [5, 5.41) is 0. The van der Waals surface area contributed by atoms with E-state index in [0.29, 0.717) is 25.2 Å². The molecule has 6 nitrogen and oxygen atoms in total. The summed E-state index contributed by atoms with van der Waals surface area (Å²) in [5.74, 6) is 5.49. The van der Waals surface area contributed by atoms with Crippen molar-refractivity contribution in [2.45, 2.75) is 39.7 Å². The van der Waals surface area contributed by atoms with Gasteiger partial charge in [0.2, 0.25) is 5.91 Å². The number of amides is 1. The molecule has 0 saturated carbocycles. The molecule has 0 aliphatic carbocycles. The lowest BCUT2D eigenvalue weighted by Crippen LogP contribution is -2.29. The van der Waals surface area contributed by atoms with Gasteiger partial charge in [-0.2, -0.15) is 0 Å². The Morgan fingerprint density at radius 3 is 2.76 bits per heavy atom. The molecule has 1 rings (SSSR count). The molecule has 0 fully saturated rings. The highest BCUT2D eigenvalue weighted by atomic mass is 16.2. The topological polar surface area (TPSA) is 90.0 Å². The molecule has 0 aliphatic heterocycles. The van der Waals surface area contributed by atoms with E-state index in [-0.39, 0.29) is 11.5 Å². The standard InChI is InChI=1S/C11H18N4O2/c1-8-7-11(17)15(9(2)13-8)6-4-3-5-10(16)14-12/h7H,3-6,12H2,1-2H3,(H,14,16). The average molecular weight is 238 g/mol. The van der Waals surface area contributed by atoms with Crippen LogP contribution in [-0.4, -0.2) is 15.5 Å². The predicted molar refractivity (Wildman–Crippen MR) is 64.2 cm³/mol. The molecule has 0 radical (unpaired) electrons. The molecule has 94 valence electrons. The third-order valence-corrected chi connectivity index (χ3v) is 2.52. The van der Waals surface area contributed by atoms with E-state index < -0.39 is 0 Å². The zero-order valence-electron chi connectivity index (χ0n) is 10.2. The van der Waals surface area contributed by atoms with Crippen molar-refractivity contribution in [3.63, 3.8) is 0 Å². The van der Waals surface area contributed by atoms with Crippen molar-refractivity contribution in [1.29, 1.82) is 0 Å². The molecule has 1 aromatic heterocycles. The van der Waals surface area contributed by atoms with Gasteiger partial charge in [-0.15, -0.1) is 0 Å². The highest BCUT2D eigenvalue weighted by Gasteiger charge is 2.03. The molecule has 0 aliphatic rings. The van der Waals surface area contributed by atoms with E-state index in [1.54, 1.807) is 18.4 Å². The molecule has 0 atom stereocenters. The number of hydrazine groups is 1. The van der Waals surface area contributed by atoms with Crippen LogP contribution in [0.5, 0.6) is 0 Å². The quantitative estimate of drug-likeness (QED) is 0.327. The van der Waals surface area contributed by atoms with Crippen LogP contribution < -0.4 is 16.8 Å². The first-order valence-corrected chi connectivity index (χ1v) is 5.59. The lowest BCUT2D eigenvalue weighted by Gasteiger charge is -2.09. The highest BCUT2D eigenvalue weighted by Crippen LogP contribution is 2.00. The first kappa shape index (κ1) is 13.4. The number of nitrogens with one attached hydrogen (secondary N) is 1. The molecule has 3 N–H and O–H groups in total. The number of nitrogens with two attached hydrogens (primary N) is 1. The van der Waals surface area contributed by atoms with E-state index >= 15 is 0 Å². The maximum atomic E-state index is 11.7. The number of carbonyl (C=O) groups excluding carboxylic acids is 1. The summed E-state index contributed by atoms with van der Waals surface area (Å²) >= 11 is 0. The normalized spacial score (nSPS) is 10.3. The number of unbranched alkanes of at least 4 members (excludes halogenated alkanes) is 1. The number of hydrogen-bond donors (Lipinski definition) is 2. The van der Waals surface area contributed by atoms with E-state index in [1.807, 2.05) is 0 Å². The third kappa shape index (κ3) is 3.99. The summed E-state index contributed by atoms with van der Waals surface area (Å²) in [6.45, 7) is 4.18. The van der Waals surface area contributed by atoms with Crippen LogP contribution in [0.2, 0.25) is 0 Å². The Hall–Kier alpha value is -1.69. The van der Waals surface area contributed by atoms with Crippen LogP contribution in [0.15, 0.2) is 10.9 Å². The van der Waals surface area contributed by atoms with E-state index in [4.69, 9.17) is 5.84 Å². The van der Waals surface area contributed by atoms with Crippen LogP contribution >= 0.6 is 0 Å². The number of aryl methyl sites for hydroxylation is 2. The Balaban J connectivity index is 2.53. The van der Waals surface area contributed by atoms with Crippen molar-refractivity contribution in [3.05, 3.63) is 27.9 Å². The third-order valence-electron chi connectivity index (χ3n) is 2.52. The Labute approximate surface area is 99.8 Å². The second-order valence-corrected chi connectivity index (χ2v) is 3.96. The van der Waals surface area contributed by atoms with Gasteiger partial charge in [-0.25, -0.2) is 10.8 Å². The molecule has 6 heteroatoms. The highest BCUT2D eigenvalue weighted by molar-refractivity contribution is 5.74. The molecule has 0 aromatic carbocycles. The van der Waals surface area contributed by atoms with Gasteiger partial charge in [0.15, 0.2) is 0 Å². The zero-order chi connectivity index (χ0) is 12.8. The van der Waals surface area contributed by atoms with Crippen LogP contribution in [0.4, 0.5) is 0 Å². The minimum absolute atomic E-state index is 0.0433. The molecule has 0 spiro atoms. The van der Waals surface area contributed by atoms with Crippen molar-refractivity contribution >= 4 is 5.91 Å². The zero-order valence-corrected chi connectivity index (χ0v) is 10.2. The average Bonchev–Trinajstić information content (AvgIpc) is 2.26. The molecule has 1 aromatic rings. The Bertz CT molecular complexity index is 453. The van der Waals surface area contributed by atoms with Crippen molar-refractivity contribution in [2.24, 2.45) is 5.84 Å². The summed E-state index contributed by atoms with van der Waals surface area (Å²) in [4.78, 5) is 26.8. The van der Waals surface area contributed by atoms with Crippen LogP contribution in [0.1, 0.15) is 30.8 Å². The Morgan fingerprint density at radius 1 is 1.47 bits per heavy atom. The lowest BCUT2D eigenvalue weighted by atomic mass is 10.2. The molecular weight excluding hydrogens is 220 g/mol. The van der Waals surface area contributed by atoms with Crippen LogP contribution in [0.3, 0.4) is 0 Å². The van der Waals surface area contributed by atoms with Gasteiger partial charge < -0.3 is 0 Å². The van der Waals surface area contributed by atoms with Gasteiger partial charge in [0, 0.05) is 24.7 Å². The maximum Gasteiger partial charge on any atom is 0.253 e. The predicted octanol–water partition coefficient (Wildman–Crippen LogP) is 0.0203. The monoisotopic (exact) mass is 238 g/mol. The maximum absolute atomic E-state index is 11.7. The minimum Gasteiger partial charge on any atom is -0.297 e. The smallest absolute Gasteiger partial charge is 0.253 e. The van der Waals surface area contributed by atoms with Crippen molar-refractivity contribution < 1.29 is 4.79 Å². The van der Waals surface area contributed by atoms with Crippen LogP contribution in [0.25, 0.3) is 0 Å².